The predicted octanol–water partition coefficient (Wildman–Crippen LogP) is -2.43. The number of phenolic OH excluding ortho intramolecular Hbond substituents is 3. The van der Waals surface area contributed by atoms with Gasteiger partial charge in [-0.2, -0.15) is 0 Å². The molecule has 9 atom stereocenters. The molecule has 10 N–H and O–H groups in total. The lowest BCUT2D eigenvalue weighted by Crippen LogP contribution is -2.60. The quantitative estimate of drug-likeness (QED) is 0.142. The maximum atomic E-state index is 13.3. The molecule has 228 valence electrons. The van der Waals surface area contributed by atoms with Crippen molar-refractivity contribution in [3.8, 4) is 40.1 Å². The van der Waals surface area contributed by atoms with E-state index in [-0.39, 0.29) is 17.1 Å². The van der Waals surface area contributed by atoms with E-state index in [1.165, 1.54) is 24.3 Å². The average molecular weight is 596 g/mol. The lowest BCUT2D eigenvalue weighted by molar-refractivity contribution is -0.277. The van der Waals surface area contributed by atoms with Gasteiger partial charge in [0.05, 0.1) is 13.2 Å². The molecule has 3 aromatic rings. The third kappa shape index (κ3) is 5.19. The summed E-state index contributed by atoms with van der Waals surface area (Å²) in [5.74, 6) is -3.99. The van der Waals surface area contributed by atoms with Crippen LogP contribution in [0.2, 0.25) is 0 Å². The van der Waals surface area contributed by atoms with E-state index < -0.39 is 108 Å². The Balaban J connectivity index is 1.66. The molecule has 16 heteroatoms. The van der Waals surface area contributed by atoms with Gasteiger partial charge in [0.15, 0.2) is 16.8 Å². The SMILES string of the molecule is O=c1cc(-c2ccc(O)cc2)oc2c(O[C@@H]3O[C@H](CO)[C@H](O)[C@@H](O)[C@H]3O)c(O)c(O[C@@H]3OC[C@@H](O)[C@H](O)[C@H]3O)c(O)c12. The fraction of sp³-hybridized carbons (Fsp3) is 0.423. The second-order valence-electron chi connectivity index (χ2n) is 9.76. The van der Waals surface area contributed by atoms with Gasteiger partial charge in [-0.05, 0) is 24.3 Å². The van der Waals surface area contributed by atoms with Gasteiger partial charge in [0.25, 0.3) is 0 Å². The first-order valence-electron chi connectivity index (χ1n) is 12.6. The highest BCUT2D eigenvalue weighted by molar-refractivity contribution is 5.95. The summed E-state index contributed by atoms with van der Waals surface area (Å²) in [5.41, 5.74) is -1.23. The van der Waals surface area contributed by atoms with Gasteiger partial charge in [0.2, 0.25) is 29.8 Å². The Hall–Kier alpha value is -3.71. The molecule has 2 fully saturated rings. The van der Waals surface area contributed by atoms with E-state index >= 15 is 0 Å². The molecule has 0 aliphatic carbocycles. The van der Waals surface area contributed by atoms with Crippen molar-refractivity contribution in [3.05, 3.63) is 40.6 Å². The van der Waals surface area contributed by atoms with Gasteiger partial charge in [-0.3, -0.25) is 4.79 Å². The van der Waals surface area contributed by atoms with Crippen LogP contribution in [0.5, 0.6) is 28.7 Å². The van der Waals surface area contributed by atoms with E-state index in [1.807, 2.05) is 0 Å². The number of rotatable bonds is 6. The molecule has 0 bridgehead atoms. The maximum Gasteiger partial charge on any atom is 0.229 e. The Morgan fingerprint density at radius 3 is 2.10 bits per heavy atom. The summed E-state index contributed by atoms with van der Waals surface area (Å²) in [6.07, 6.45) is -15.8. The van der Waals surface area contributed by atoms with Crippen molar-refractivity contribution in [2.45, 2.75) is 55.3 Å². The van der Waals surface area contributed by atoms with Gasteiger partial charge in [-0.1, -0.05) is 0 Å². The van der Waals surface area contributed by atoms with Crippen molar-refractivity contribution < 1.29 is 74.4 Å². The van der Waals surface area contributed by atoms with Gasteiger partial charge < -0.3 is 74.4 Å². The van der Waals surface area contributed by atoms with Crippen molar-refractivity contribution in [1.29, 1.82) is 0 Å². The first kappa shape index (κ1) is 29.8. The summed E-state index contributed by atoms with van der Waals surface area (Å²) in [7, 11) is 0. The van der Waals surface area contributed by atoms with Crippen LogP contribution in [-0.2, 0) is 9.47 Å². The van der Waals surface area contributed by atoms with Crippen LogP contribution in [0.1, 0.15) is 0 Å². The lowest BCUT2D eigenvalue weighted by Gasteiger charge is -2.39. The van der Waals surface area contributed by atoms with Crippen LogP contribution >= 0.6 is 0 Å². The number of hydrogen-bond acceptors (Lipinski definition) is 16. The first-order chi connectivity index (χ1) is 19.9. The van der Waals surface area contributed by atoms with E-state index in [0.717, 1.165) is 6.07 Å². The standard InChI is InChI=1S/C26H28O16/c27-6-13-16(32)18(34)20(36)26(40-13)42-24-21(37)23(41-25-19(35)15(31)11(30)7-38-25)17(33)14-10(29)5-12(39-22(14)24)8-1-3-9(28)4-2-8/h1-5,11,13,15-16,18-20,25-28,30-37H,6-7H2/t11-,13-,15+,16+,18-,19-,20-,25+,26+/m1/s1. The van der Waals surface area contributed by atoms with Gasteiger partial charge in [-0.15, -0.1) is 0 Å². The molecule has 3 heterocycles. The highest BCUT2D eigenvalue weighted by atomic mass is 16.7. The molecule has 2 aliphatic heterocycles. The predicted molar refractivity (Wildman–Crippen MR) is 136 cm³/mol. The van der Waals surface area contributed by atoms with E-state index in [4.69, 9.17) is 23.4 Å². The minimum atomic E-state index is -1.97. The largest absolute Gasteiger partial charge is 0.508 e. The number of benzene rings is 2. The van der Waals surface area contributed by atoms with Crippen molar-refractivity contribution in [2.24, 2.45) is 0 Å². The number of ether oxygens (including phenoxy) is 4. The van der Waals surface area contributed by atoms with Crippen LogP contribution in [-0.4, -0.2) is 120 Å². The van der Waals surface area contributed by atoms with Crippen LogP contribution in [0.15, 0.2) is 39.5 Å². The third-order valence-electron chi connectivity index (χ3n) is 6.96. The van der Waals surface area contributed by atoms with Crippen molar-refractivity contribution >= 4 is 11.0 Å². The summed E-state index contributed by atoms with van der Waals surface area (Å²) >= 11 is 0. The van der Waals surface area contributed by atoms with E-state index in [0.29, 0.717) is 0 Å². The number of aliphatic hydroxyl groups excluding tert-OH is 7. The summed E-state index contributed by atoms with van der Waals surface area (Å²) in [6.45, 7) is -1.32. The zero-order valence-electron chi connectivity index (χ0n) is 21.4. The molecule has 2 aliphatic rings. The zero-order chi connectivity index (χ0) is 30.5. The molecule has 0 unspecified atom stereocenters. The van der Waals surface area contributed by atoms with Crippen molar-refractivity contribution in [3.63, 3.8) is 0 Å². The van der Waals surface area contributed by atoms with Crippen molar-refractivity contribution in [2.75, 3.05) is 13.2 Å². The Morgan fingerprint density at radius 2 is 1.43 bits per heavy atom. The van der Waals surface area contributed by atoms with Gasteiger partial charge in [-0.25, -0.2) is 0 Å². The summed E-state index contributed by atoms with van der Waals surface area (Å²) in [6, 6.07) is 6.38. The number of fused-ring (bicyclic) bond motifs is 1. The smallest absolute Gasteiger partial charge is 0.229 e. The molecule has 2 aromatic carbocycles. The van der Waals surface area contributed by atoms with E-state index in [1.54, 1.807) is 0 Å². The summed E-state index contributed by atoms with van der Waals surface area (Å²) in [5, 5.41) is 102. The minimum absolute atomic E-state index is 0.0876. The van der Waals surface area contributed by atoms with Crippen LogP contribution in [0.4, 0.5) is 0 Å². The molecule has 5 rings (SSSR count). The van der Waals surface area contributed by atoms with Gasteiger partial charge in [0, 0.05) is 11.6 Å². The minimum Gasteiger partial charge on any atom is -0.508 e. The van der Waals surface area contributed by atoms with E-state index in [2.05, 4.69) is 0 Å². The fourth-order valence-electron chi connectivity index (χ4n) is 4.58. The molecule has 0 radical (unpaired) electrons. The lowest BCUT2D eigenvalue weighted by atomic mass is 9.99. The molecular weight excluding hydrogens is 568 g/mol. The molecule has 16 nitrogen and oxygen atoms in total. The fourth-order valence-corrected chi connectivity index (χ4v) is 4.58. The normalized spacial score (nSPS) is 31.6. The van der Waals surface area contributed by atoms with Crippen LogP contribution in [0.25, 0.3) is 22.3 Å². The van der Waals surface area contributed by atoms with Gasteiger partial charge in [0.1, 0.15) is 59.6 Å². The molecule has 0 amide bonds. The Labute approximate surface area is 235 Å². The molecule has 2 saturated heterocycles. The van der Waals surface area contributed by atoms with Crippen LogP contribution < -0.4 is 14.9 Å². The van der Waals surface area contributed by atoms with E-state index in [9.17, 15) is 55.9 Å². The second-order valence-corrected chi connectivity index (χ2v) is 9.76. The maximum absolute atomic E-state index is 13.3. The average Bonchev–Trinajstić information content (AvgIpc) is 2.97. The topological polar surface area (TPSA) is 269 Å². The molecule has 42 heavy (non-hydrogen) atoms. The molecule has 0 spiro atoms. The first-order valence-corrected chi connectivity index (χ1v) is 12.6. The number of hydrogen-bond donors (Lipinski definition) is 10. The number of phenols is 3. The summed E-state index contributed by atoms with van der Waals surface area (Å²) in [4.78, 5) is 13.3. The highest BCUT2D eigenvalue weighted by Crippen LogP contribution is 2.51. The Morgan fingerprint density at radius 1 is 0.786 bits per heavy atom. The molecule has 1 aromatic heterocycles. The Bertz CT molecular complexity index is 1490. The van der Waals surface area contributed by atoms with Crippen LogP contribution in [0, 0.1) is 0 Å². The second kappa shape index (κ2) is 11.5. The monoisotopic (exact) mass is 596 g/mol. The van der Waals surface area contributed by atoms with Crippen molar-refractivity contribution in [1.82, 2.24) is 0 Å². The third-order valence-corrected chi connectivity index (χ3v) is 6.96. The molecule has 0 saturated carbocycles. The van der Waals surface area contributed by atoms with Gasteiger partial charge >= 0.3 is 0 Å². The Kier molecular flexibility index (Phi) is 8.17. The zero-order valence-corrected chi connectivity index (χ0v) is 21.4. The van der Waals surface area contributed by atoms with Crippen LogP contribution in [0.3, 0.4) is 0 Å². The summed E-state index contributed by atoms with van der Waals surface area (Å²) < 4.78 is 27.3. The molecular formula is C26H28O16. The number of aromatic hydroxyl groups is 3. The highest BCUT2D eigenvalue weighted by Gasteiger charge is 2.46. The number of aliphatic hydroxyl groups is 7.